The Bertz CT molecular complexity index is 648. The molecule has 1 fully saturated rings. The summed E-state index contributed by atoms with van der Waals surface area (Å²) in [6.45, 7) is 6.75. The number of carbonyl (C=O) groups is 2. The molecule has 0 aromatic heterocycles. The Morgan fingerprint density at radius 1 is 1.29 bits per heavy atom. The highest BCUT2D eigenvalue weighted by Crippen LogP contribution is 2.22. The van der Waals surface area contributed by atoms with Gasteiger partial charge in [-0.05, 0) is 31.2 Å². The maximum Gasteiger partial charge on any atom is 0.338 e. The maximum atomic E-state index is 12.2. The van der Waals surface area contributed by atoms with E-state index in [-0.39, 0.29) is 23.8 Å². The number of aryl methyl sites for hydroxylation is 1. The van der Waals surface area contributed by atoms with Gasteiger partial charge in [0.25, 0.3) is 11.6 Å². The fraction of sp³-hybridized carbons (Fsp3) is 0.529. The molecule has 24 heavy (non-hydrogen) atoms. The lowest BCUT2D eigenvalue weighted by atomic mass is 9.92. The zero-order valence-corrected chi connectivity index (χ0v) is 14.2. The van der Waals surface area contributed by atoms with E-state index in [1.165, 1.54) is 18.2 Å². The largest absolute Gasteiger partial charge is 0.452 e. The summed E-state index contributed by atoms with van der Waals surface area (Å²) in [6.07, 6.45) is 1.08. The number of hydrogen-bond acceptors (Lipinski definition) is 5. The van der Waals surface area contributed by atoms with Gasteiger partial charge in [0.05, 0.1) is 10.5 Å². The number of ether oxygens (including phenoxy) is 1. The Hall–Kier alpha value is -2.44. The van der Waals surface area contributed by atoms with Gasteiger partial charge in [0.15, 0.2) is 6.61 Å². The predicted octanol–water partition coefficient (Wildman–Crippen LogP) is 2.56. The molecule has 1 aromatic carbocycles. The number of esters is 1. The molecule has 0 N–H and O–H groups in total. The average Bonchev–Trinajstić information content (AvgIpc) is 2.51. The Morgan fingerprint density at radius 3 is 2.50 bits per heavy atom. The van der Waals surface area contributed by atoms with E-state index in [4.69, 9.17) is 4.74 Å². The fourth-order valence-corrected chi connectivity index (χ4v) is 3.10. The quantitative estimate of drug-likeness (QED) is 0.479. The van der Waals surface area contributed by atoms with Gasteiger partial charge < -0.3 is 9.64 Å². The molecular weight excluding hydrogens is 312 g/mol. The van der Waals surface area contributed by atoms with Crippen molar-refractivity contribution in [2.75, 3.05) is 19.7 Å². The summed E-state index contributed by atoms with van der Waals surface area (Å²) in [6, 6.07) is 4.12. The van der Waals surface area contributed by atoms with E-state index in [1.54, 1.807) is 11.8 Å². The molecule has 0 unspecified atom stereocenters. The van der Waals surface area contributed by atoms with Crippen molar-refractivity contribution in [3.05, 3.63) is 39.4 Å². The van der Waals surface area contributed by atoms with Crippen LogP contribution in [0.25, 0.3) is 0 Å². The lowest BCUT2D eigenvalue weighted by molar-refractivity contribution is -0.385. The highest BCUT2D eigenvalue weighted by Gasteiger charge is 2.26. The molecule has 2 atom stereocenters. The van der Waals surface area contributed by atoms with Crippen molar-refractivity contribution >= 4 is 17.6 Å². The maximum absolute atomic E-state index is 12.2. The van der Waals surface area contributed by atoms with E-state index in [0.717, 1.165) is 6.42 Å². The smallest absolute Gasteiger partial charge is 0.338 e. The second kappa shape index (κ2) is 7.42. The van der Waals surface area contributed by atoms with Crippen LogP contribution in [-0.2, 0) is 9.53 Å². The molecule has 1 aromatic rings. The minimum Gasteiger partial charge on any atom is -0.452 e. The molecular formula is C17H22N2O5. The van der Waals surface area contributed by atoms with E-state index in [9.17, 15) is 19.7 Å². The van der Waals surface area contributed by atoms with Crippen LogP contribution in [-0.4, -0.2) is 41.4 Å². The van der Waals surface area contributed by atoms with Gasteiger partial charge in [0.1, 0.15) is 0 Å². The van der Waals surface area contributed by atoms with E-state index in [2.05, 4.69) is 13.8 Å². The molecule has 7 heteroatoms. The monoisotopic (exact) mass is 334 g/mol. The van der Waals surface area contributed by atoms with Crippen LogP contribution in [0.2, 0.25) is 0 Å². The van der Waals surface area contributed by atoms with Crippen LogP contribution in [0.4, 0.5) is 5.69 Å². The van der Waals surface area contributed by atoms with Crippen molar-refractivity contribution in [3.63, 3.8) is 0 Å². The van der Waals surface area contributed by atoms with E-state index < -0.39 is 10.9 Å². The van der Waals surface area contributed by atoms with E-state index >= 15 is 0 Å². The number of carbonyl (C=O) groups excluding carboxylic acids is 2. The van der Waals surface area contributed by atoms with Crippen molar-refractivity contribution in [3.8, 4) is 0 Å². The summed E-state index contributed by atoms with van der Waals surface area (Å²) in [5, 5.41) is 10.9. The molecule has 1 saturated heterocycles. The summed E-state index contributed by atoms with van der Waals surface area (Å²) in [7, 11) is 0. The van der Waals surface area contributed by atoms with Gasteiger partial charge in [-0.1, -0.05) is 19.9 Å². The van der Waals surface area contributed by atoms with E-state index in [0.29, 0.717) is 30.5 Å². The van der Waals surface area contributed by atoms with Crippen molar-refractivity contribution < 1.29 is 19.2 Å². The molecule has 0 bridgehead atoms. The molecule has 7 nitrogen and oxygen atoms in total. The van der Waals surface area contributed by atoms with Gasteiger partial charge in [0, 0.05) is 24.7 Å². The van der Waals surface area contributed by atoms with Crippen LogP contribution in [0.5, 0.6) is 0 Å². The lowest BCUT2D eigenvalue weighted by Gasteiger charge is -2.34. The molecule has 130 valence electrons. The number of rotatable bonds is 4. The van der Waals surface area contributed by atoms with Gasteiger partial charge in [-0.15, -0.1) is 0 Å². The first-order valence-corrected chi connectivity index (χ1v) is 7.98. The molecule has 0 radical (unpaired) electrons. The third kappa shape index (κ3) is 4.31. The summed E-state index contributed by atoms with van der Waals surface area (Å²) in [4.78, 5) is 36.3. The SMILES string of the molecule is Cc1ccc(C(=O)OCC(=O)N2C[C@H](C)C[C@@H](C)C2)cc1[N+](=O)[O-]. The Kier molecular flexibility index (Phi) is 5.54. The number of nitrogens with zero attached hydrogens (tertiary/aromatic N) is 2. The third-order valence-electron chi connectivity index (χ3n) is 4.19. The molecule has 1 heterocycles. The lowest BCUT2D eigenvalue weighted by Crippen LogP contribution is -2.44. The van der Waals surface area contributed by atoms with Crippen LogP contribution in [0.3, 0.4) is 0 Å². The number of benzene rings is 1. The molecule has 2 rings (SSSR count). The topological polar surface area (TPSA) is 89.8 Å². The Labute approximate surface area is 140 Å². The summed E-state index contributed by atoms with van der Waals surface area (Å²) >= 11 is 0. The van der Waals surface area contributed by atoms with Gasteiger partial charge >= 0.3 is 5.97 Å². The third-order valence-corrected chi connectivity index (χ3v) is 4.19. The van der Waals surface area contributed by atoms with E-state index in [1.807, 2.05) is 0 Å². The Morgan fingerprint density at radius 2 is 1.92 bits per heavy atom. The number of likely N-dealkylation sites (tertiary alicyclic amines) is 1. The standard InChI is InChI=1S/C17H22N2O5/c1-11-6-12(2)9-18(8-11)16(20)10-24-17(21)14-5-4-13(3)15(7-14)19(22)23/h4-5,7,11-12H,6,8-10H2,1-3H3/t11-,12-/m1/s1. The first-order valence-electron chi connectivity index (χ1n) is 7.98. The highest BCUT2D eigenvalue weighted by molar-refractivity contribution is 5.92. The molecule has 1 amide bonds. The van der Waals surface area contributed by atoms with Crippen molar-refractivity contribution in [2.45, 2.75) is 27.2 Å². The Balaban J connectivity index is 1.96. The summed E-state index contributed by atoms with van der Waals surface area (Å²) in [5.41, 5.74) is 0.388. The van der Waals surface area contributed by atoms with Crippen molar-refractivity contribution in [1.29, 1.82) is 0 Å². The highest BCUT2D eigenvalue weighted by atomic mass is 16.6. The number of nitro benzene ring substituents is 1. The zero-order chi connectivity index (χ0) is 17.9. The second-order valence-corrected chi connectivity index (χ2v) is 6.58. The minimum atomic E-state index is -0.732. The van der Waals surface area contributed by atoms with Crippen molar-refractivity contribution in [1.82, 2.24) is 4.90 Å². The molecule has 1 aliphatic rings. The first kappa shape index (κ1) is 17.9. The molecule has 1 aliphatic heterocycles. The number of hydrogen-bond donors (Lipinski definition) is 0. The van der Waals surface area contributed by atoms with Crippen LogP contribution in [0.15, 0.2) is 18.2 Å². The zero-order valence-electron chi connectivity index (χ0n) is 14.2. The summed E-state index contributed by atoms with van der Waals surface area (Å²) in [5.74, 6) is -0.116. The van der Waals surface area contributed by atoms with Crippen LogP contribution in [0.1, 0.15) is 36.2 Å². The van der Waals surface area contributed by atoms with Crippen LogP contribution < -0.4 is 0 Å². The number of nitro groups is 1. The molecule has 0 aliphatic carbocycles. The fourth-order valence-electron chi connectivity index (χ4n) is 3.10. The first-order chi connectivity index (χ1) is 11.3. The van der Waals surface area contributed by atoms with Gasteiger partial charge in [-0.2, -0.15) is 0 Å². The van der Waals surface area contributed by atoms with Crippen LogP contribution >= 0.6 is 0 Å². The average molecular weight is 334 g/mol. The van der Waals surface area contributed by atoms with Crippen molar-refractivity contribution in [2.24, 2.45) is 11.8 Å². The predicted molar refractivity (Wildman–Crippen MR) is 87.6 cm³/mol. The number of amides is 1. The van der Waals surface area contributed by atoms with Gasteiger partial charge in [-0.3, -0.25) is 14.9 Å². The number of piperidine rings is 1. The van der Waals surface area contributed by atoms with Crippen LogP contribution in [0, 0.1) is 28.9 Å². The minimum absolute atomic E-state index is 0.0699. The normalized spacial score (nSPS) is 20.5. The molecule has 0 spiro atoms. The second-order valence-electron chi connectivity index (χ2n) is 6.58. The molecule has 0 saturated carbocycles. The summed E-state index contributed by atoms with van der Waals surface area (Å²) < 4.78 is 5.04. The van der Waals surface area contributed by atoms with Gasteiger partial charge in [0.2, 0.25) is 0 Å². The van der Waals surface area contributed by atoms with Gasteiger partial charge in [-0.25, -0.2) is 4.79 Å².